The number of aromatic nitrogens is 1. The maximum Gasteiger partial charge on any atom is 0.251 e. The van der Waals surface area contributed by atoms with E-state index in [4.69, 9.17) is 4.74 Å². The SMILES string of the molecule is O=C(NCc1cccnc1)c1ccc(COc2ccccc2Br)cc1. The minimum atomic E-state index is -0.109. The number of nitrogens with one attached hydrogen (secondary N) is 1. The van der Waals surface area contributed by atoms with Crippen molar-refractivity contribution in [2.75, 3.05) is 0 Å². The molecule has 0 atom stereocenters. The number of ether oxygens (including phenoxy) is 1. The van der Waals surface area contributed by atoms with Crippen molar-refractivity contribution in [2.45, 2.75) is 13.2 Å². The first-order valence-electron chi connectivity index (χ1n) is 7.86. The van der Waals surface area contributed by atoms with Crippen molar-refractivity contribution >= 4 is 21.8 Å². The third kappa shape index (κ3) is 4.90. The Kier molecular flexibility index (Phi) is 5.80. The number of pyridine rings is 1. The van der Waals surface area contributed by atoms with Gasteiger partial charge in [-0.3, -0.25) is 9.78 Å². The van der Waals surface area contributed by atoms with E-state index in [2.05, 4.69) is 26.2 Å². The van der Waals surface area contributed by atoms with Crippen LogP contribution in [0.2, 0.25) is 0 Å². The van der Waals surface area contributed by atoms with Gasteiger partial charge < -0.3 is 10.1 Å². The molecule has 126 valence electrons. The van der Waals surface area contributed by atoms with Crippen molar-refractivity contribution in [3.63, 3.8) is 0 Å². The van der Waals surface area contributed by atoms with Crippen LogP contribution < -0.4 is 10.1 Å². The van der Waals surface area contributed by atoms with Crippen LogP contribution in [0, 0.1) is 0 Å². The van der Waals surface area contributed by atoms with E-state index in [-0.39, 0.29) is 5.91 Å². The molecule has 0 aliphatic carbocycles. The average Bonchev–Trinajstić information content (AvgIpc) is 2.67. The van der Waals surface area contributed by atoms with Crippen molar-refractivity contribution in [1.82, 2.24) is 10.3 Å². The normalized spacial score (nSPS) is 10.3. The summed E-state index contributed by atoms with van der Waals surface area (Å²) in [6.45, 7) is 0.903. The predicted molar refractivity (Wildman–Crippen MR) is 100 cm³/mol. The number of rotatable bonds is 6. The molecule has 1 heterocycles. The number of hydrogen-bond acceptors (Lipinski definition) is 3. The lowest BCUT2D eigenvalue weighted by atomic mass is 10.1. The van der Waals surface area contributed by atoms with Gasteiger partial charge in [-0.2, -0.15) is 0 Å². The van der Waals surface area contributed by atoms with Gasteiger partial charge in [-0.15, -0.1) is 0 Å². The van der Waals surface area contributed by atoms with Crippen LogP contribution in [0.3, 0.4) is 0 Å². The molecule has 25 heavy (non-hydrogen) atoms. The molecule has 1 aromatic heterocycles. The number of carbonyl (C=O) groups is 1. The molecule has 0 unspecified atom stereocenters. The van der Waals surface area contributed by atoms with Crippen LogP contribution >= 0.6 is 15.9 Å². The average molecular weight is 397 g/mol. The molecule has 3 rings (SSSR count). The molecule has 0 aliphatic heterocycles. The molecule has 2 aromatic carbocycles. The van der Waals surface area contributed by atoms with E-state index in [0.29, 0.717) is 18.7 Å². The molecule has 0 radical (unpaired) electrons. The second-order valence-electron chi connectivity index (χ2n) is 5.46. The summed E-state index contributed by atoms with van der Waals surface area (Å²) in [6, 6.07) is 18.9. The lowest BCUT2D eigenvalue weighted by molar-refractivity contribution is 0.0951. The highest BCUT2D eigenvalue weighted by molar-refractivity contribution is 9.10. The summed E-state index contributed by atoms with van der Waals surface area (Å²) in [4.78, 5) is 16.2. The second-order valence-corrected chi connectivity index (χ2v) is 6.31. The minimum Gasteiger partial charge on any atom is -0.488 e. The first-order chi connectivity index (χ1) is 12.2. The van der Waals surface area contributed by atoms with E-state index >= 15 is 0 Å². The minimum absolute atomic E-state index is 0.109. The first kappa shape index (κ1) is 17.2. The molecule has 0 fully saturated rings. The summed E-state index contributed by atoms with van der Waals surface area (Å²) in [7, 11) is 0. The molecule has 0 saturated carbocycles. The molecule has 0 bridgehead atoms. The number of amides is 1. The largest absolute Gasteiger partial charge is 0.488 e. The van der Waals surface area contributed by atoms with E-state index in [0.717, 1.165) is 21.3 Å². The number of carbonyl (C=O) groups excluding carboxylic acids is 1. The molecular weight excluding hydrogens is 380 g/mol. The van der Waals surface area contributed by atoms with E-state index < -0.39 is 0 Å². The van der Waals surface area contributed by atoms with Gasteiger partial charge in [0.15, 0.2) is 0 Å². The lowest BCUT2D eigenvalue weighted by Gasteiger charge is -2.09. The van der Waals surface area contributed by atoms with Gasteiger partial charge in [0, 0.05) is 24.5 Å². The number of hydrogen-bond donors (Lipinski definition) is 1. The second kappa shape index (κ2) is 8.44. The Morgan fingerprint density at radius 1 is 1.00 bits per heavy atom. The van der Waals surface area contributed by atoms with Crippen LogP contribution in [0.4, 0.5) is 0 Å². The first-order valence-corrected chi connectivity index (χ1v) is 8.65. The fourth-order valence-electron chi connectivity index (χ4n) is 2.26. The molecule has 0 saturated heterocycles. The van der Waals surface area contributed by atoms with Crippen molar-refractivity contribution in [1.29, 1.82) is 0 Å². The van der Waals surface area contributed by atoms with Crippen LogP contribution in [-0.2, 0) is 13.2 Å². The van der Waals surface area contributed by atoms with Gasteiger partial charge in [-0.25, -0.2) is 0 Å². The van der Waals surface area contributed by atoms with Crippen LogP contribution in [0.1, 0.15) is 21.5 Å². The maximum absolute atomic E-state index is 12.2. The third-order valence-corrected chi connectivity index (χ3v) is 4.28. The van der Waals surface area contributed by atoms with Crippen molar-refractivity contribution in [3.05, 3.63) is 94.2 Å². The molecule has 0 spiro atoms. The molecule has 5 heteroatoms. The van der Waals surface area contributed by atoms with Gasteiger partial charge in [0.2, 0.25) is 0 Å². The Morgan fingerprint density at radius 2 is 1.80 bits per heavy atom. The summed E-state index contributed by atoms with van der Waals surface area (Å²) in [5.74, 6) is 0.683. The molecule has 3 aromatic rings. The predicted octanol–water partition coefficient (Wildman–Crippen LogP) is 4.35. The van der Waals surface area contributed by atoms with E-state index in [9.17, 15) is 4.79 Å². The molecule has 0 aliphatic rings. The standard InChI is InChI=1S/C20H17BrN2O2/c21-18-5-1-2-6-19(18)25-14-15-7-9-17(10-8-15)20(24)23-13-16-4-3-11-22-12-16/h1-12H,13-14H2,(H,23,24). The fraction of sp³-hybridized carbons (Fsp3) is 0.100. The monoisotopic (exact) mass is 396 g/mol. The Labute approximate surface area is 155 Å². The molecule has 4 nitrogen and oxygen atoms in total. The van der Waals surface area contributed by atoms with Crippen molar-refractivity contribution in [3.8, 4) is 5.75 Å². The summed E-state index contributed by atoms with van der Waals surface area (Å²) in [6.07, 6.45) is 3.45. The van der Waals surface area contributed by atoms with Crippen molar-refractivity contribution in [2.24, 2.45) is 0 Å². The highest BCUT2D eigenvalue weighted by Gasteiger charge is 2.06. The summed E-state index contributed by atoms with van der Waals surface area (Å²) >= 11 is 3.45. The van der Waals surface area contributed by atoms with E-state index in [1.807, 2.05) is 48.5 Å². The quantitative estimate of drug-likeness (QED) is 0.673. The topological polar surface area (TPSA) is 51.2 Å². The maximum atomic E-state index is 12.2. The molecular formula is C20H17BrN2O2. The van der Waals surface area contributed by atoms with Gasteiger partial charge >= 0.3 is 0 Å². The van der Waals surface area contributed by atoms with Gasteiger partial charge in [-0.1, -0.05) is 30.3 Å². The Hall–Kier alpha value is -2.66. The van der Waals surface area contributed by atoms with Gasteiger partial charge in [0.05, 0.1) is 4.47 Å². The highest BCUT2D eigenvalue weighted by atomic mass is 79.9. The summed E-state index contributed by atoms with van der Waals surface area (Å²) in [5, 5.41) is 2.88. The zero-order chi connectivity index (χ0) is 17.5. The fourth-order valence-corrected chi connectivity index (χ4v) is 2.66. The number of nitrogens with zero attached hydrogens (tertiary/aromatic N) is 1. The zero-order valence-corrected chi connectivity index (χ0v) is 15.1. The van der Waals surface area contributed by atoms with Crippen LogP contribution in [0.25, 0.3) is 0 Å². The van der Waals surface area contributed by atoms with Crippen LogP contribution in [-0.4, -0.2) is 10.9 Å². The third-order valence-electron chi connectivity index (χ3n) is 3.62. The van der Waals surface area contributed by atoms with Gasteiger partial charge in [0.25, 0.3) is 5.91 Å². The zero-order valence-electron chi connectivity index (χ0n) is 13.5. The van der Waals surface area contributed by atoms with Gasteiger partial charge in [0.1, 0.15) is 12.4 Å². The van der Waals surface area contributed by atoms with E-state index in [1.165, 1.54) is 0 Å². The van der Waals surface area contributed by atoms with Crippen molar-refractivity contribution < 1.29 is 9.53 Å². The van der Waals surface area contributed by atoms with E-state index in [1.54, 1.807) is 24.5 Å². The summed E-state index contributed by atoms with van der Waals surface area (Å²) in [5.41, 5.74) is 2.59. The Balaban J connectivity index is 1.54. The Bertz CT molecular complexity index is 836. The highest BCUT2D eigenvalue weighted by Crippen LogP contribution is 2.24. The number of benzene rings is 2. The van der Waals surface area contributed by atoms with Gasteiger partial charge in [-0.05, 0) is 57.4 Å². The summed E-state index contributed by atoms with van der Waals surface area (Å²) < 4.78 is 6.69. The number of para-hydroxylation sites is 1. The number of halogens is 1. The molecule has 1 amide bonds. The van der Waals surface area contributed by atoms with Crippen LogP contribution in [0.5, 0.6) is 5.75 Å². The van der Waals surface area contributed by atoms with Crippen LogP contribution in [0.15, 0.2) is 77.5 Å². The smallest absolute Gasteiger partial charge is 0.251 e. The Morgan fingerprint density at radius 3 is 2.52 bits per heavy atom. The lowest BCUT2D eigenvalue weighted by Crippen LogP contribution is -2.22. The molecule has 1 N–H and O–H groups in total.